The summed E-state index contributed by atoms with van der Waals surface area (Å²) in [4.78, 5) is 15.4. The van der Waals surface area contributed by atoms with Gasteiger partial charge in [-0.3, -0.25) is 10.3 Å². The molecule has 8 nitrogen and oxygen atoms in total. The second-order valence-electron chi connectivity index (χ2n) is 4.21. The maximum absolute atomic E-state index is 11.3. The van der Waals surface area contributed by atoms with E-state index in [0.717, 1.165) is 5.56 Å². The molecular weight excluding hydrogens is 286 g/mol. The SMILES string of the molecule is COC(=O)c1ccc(Oc2cccc(-c3nnn[n-]3)c2)nc1. The summed E-state index contributed by atoms with van der Waals surface area (Å²) in [5.41, 5.74) is 1.08. The zero-order valence-electron chi connectivity index (χ0n) is 11.5. The number of tetrazole rings is 1. The number of ether oxygens (including phenoxy) is 2. The van der Waals surface area contributed by atoms with E-state index in [2.05, 4.69) is 30.3 Å². The molecule has 110 valence electrons. The van der Waals surface area contributed by atoms with Crippen molar-refractivity contribution in [1.29, 1.82) is 0 Å². The lowest BCUT2D eigenvalue weighted by Gasteiger charge is -2.07. The molecule has 2 heterocycles. The third-order valence-electron chi connectivity index (χ3n) is 2.79. The molecular formula is C14H10N5O3-. The van der Waals surface area contributed by atoms with E-state index in [1.54, 1.807) is 30.3 Å². The molecule has 0 aliphatic heterocycles. The fourth-order valence-corrected chi connectivity index (χ4v) is 1.76. The smallest absolute Gasteiger partial charge is 0.339 e. The third-order valence-corrected chi connectivity index (χ3v) is 2.79. The Hall–Kier alpha value is -3.29. The Labute approximate surface area is 125 Å². The van der Waals surface area contributed by atoms with E-state index in [0.29, 0.717) is 23.0 Å². The minimum atomic E-state index is -0.450. The van der Waals surface area contributed by atoms with Gasteiger partial charge >= 0.3 is 5.97 Å². The Kier molecular flexibility index (Phi) is 3.73. The van der Waals surface area contributed by atoms with Crippen molar-refractivity contribution in [3.8, 4) is 23.0 Å². The van der Waals surface area contributed by atoms with Gasteiger partial charge in [-0.2, -0.15) is 5.21 Å². The van der Waals surface area contributed by atoms with Crippen LogP contribution in [0.5, 0.6) is 11.6 Å². The van der Waals surface area contributed by atoms with E-state index < -0.39 is 5.97 Å². The monoisotopic (exact) mass is 296 g/mol. The number of methoxy groups -OCH3 is 1. The second-order valence-corrected chi connectivity index (χ2v) is 4.21. The van der Waals surface area contributed by atoms with E-state index in [4.69, 9.17) is 4.74 Å². The van der Waals surface area contributed by atoms with Gasteiger partial charge in [0.25, 0.3) is 0 Å². The van der Waals surface area contributed by atoms with Crippen LogP contribution in [0.15, 0.2) is 42.6 Å². The van der Waals surface area contributed by atoms with Crippen LogP contribution in [-0.4, -0.2) is 33.6 Å². The molecule has 0 radical (unpaired) electrons. The first-order chi connectivity index (χ1) is 10.8. The number of benzene rings is 1. The molecule has 0 saturated heterocycles. The van der Waals surface area contributed by atoms with Gasteiger partial charge in [-0.1, -0.05) is 12.1 Å². The molecule has 2 aromatic heterocycles. The molecule has 1 aromatic carbocycles. The fourth-order valence-electron chi connectivity index (χ4n) is 1.76. The Balaban J connectivity index is 1.78. The number of esters is 1. The molecule has 3 aromatic rings. The molecule has 0 atom stereocenters. The van der Waals surface area contributed by atoms with Crippen molar-refractivity contribution in [1.82, 2.24) is 25.6 Å². The fraction of sp³-hybridized carbons (Fsp3) is 0.0714. The van der Waals surface area contributed by atoms with Gasteiger partial charge in [0.15, 0.2) is 0 Å². The molecule has 22 heavy (non-hydrogen) atoms. The van der Waals surface area contributed by atoms with E-state index in [9.17, 15) is 4.79 Å². The largest absolute Gasteiger partial charge is 0.465 e. The van der Waals surface area contributed by atoms with Gasteiger partial charge in [-0.25, -0.2) is 9.78 Å². The Morgan fingerprint density at radius 2 is 2.14 bits per heavy atom. The van der Waals surface area contributed by atoms with Crippen molar-refractivity contribution in [3.05, 3.63) is 48.2 Å². The minimum absolute atomic E-state index is 0.351. The van der Waals surface area contributed by atoms with E-state index in [1.165, 1.54) is 13.3 Å². The Bertz CT molecular complexity index is 771. The van der Waals surface area contributed by atoms with Crippen molar-refractivity contribution in [2.45, 2.75) is 0 Å². The summed E-state index contributed by atoms with van der Waals surface area (Å²) in [6.45, 7) is 0. The number of rotatable bonds is 4. The van der Waals surface area contributed by atoms with Gasteiger partial charge < -0.3 is 14.6 Å². The van der Waals surface area contributed by atoms with Crippen molar-refractivity contribution in [2.75, 3.05) is 7.11 Å². The number of carbonyl (C=O) groups excluding carboxylic acids is 1. The number of aromatic nitrogens is 5. The van der Waals surface area contributed by atoms with Crippen LogP contribution >= 0.6 is 0 Å². The lowest BCUT2D eigenvalue weighted by atomic mass is 10.2. The molecule has 0 N–H and O–H groups in total. The highest BCUT2D eigenvalue weighted by Crippen LogP contribution is 2.24. The molecule has 0 amide bonds. The van der Waals surface area contributed by atoms with Crippen LogP contribution < -0.4 is 9.84 Å². The number of pyridine rings is 1. The average Bonchev–Trinajstić information content (AvgIpc) is 3.10. The summed E-state index contributed by atoms with van der Waals surface area (Å²) in [5, 5.41) is 14.4. The van der Waals surface area contributed by atoms with Gasteiger partial charge in [0.2, 0.25) is 5.88 Å². The first-order valence-electron chi connectivity index (χ1n) is 6.27. The summed E-state index contributed by atoms with van der Waals surface area (Å²) in [5.74, 6) is 0.874. The van der Waals surface area contributed by atoms with Gasteiger partial charge in [-0.15, -0.1) is 0 Å². The van der Waals surface area contributed by atoms with E-state index >= 15 is 0 Å². The van der Waals surface area contributed by atoms with Crippen LogP contribution in [0, 0.1) is 0 Å². The predicted molar refractivity (Wildman–Crippen MR) is 74.2 cm³/mol. The Morgan fingerprint density at radius 1 is 1.23 bits per heavy atom. The number of hydrogen-bond acceptors (Lipinski definition) is 7. The van der Waals surface area contributed by atoms with E-state index in [-0.39, 0.29) is 0 Å². The molecule has 0 saturated carbocycles. The molecule has 8 heteroatoms. The molecule has 0 aliphatic rings. The average molecular weight is 296 g/mol. The summed E-state index contributed by atoms with van der Waals surface area (Å²) < 4.78 is 10.2. The highest BCUT2D eigenvalue weighted by Gasteiger charge is 2.07. The van der Waals surface area contributed by atoms with Crippen molar-refractivity contribution in [3.63, 3.8) is 0 Å². The van der Waals surface area contributed by atoms with Crippen LogP contribution in [0.1, 0.15) is 10.4 Å². The quantitative estimate of drug-likeness (QED) is 0.667. The van der Waals surface area contributed by atoms with E-state index in [1.807, 2.05) is 6.07 Å². The second kappa shape index (κ2) is 6.00. The zero-order valence-corrected chi connectivity index (χ0v) is 11.5. The normalized spacial score (nSPS) is 10.2. The molecule has 0 spiro atoms. The molecule has 3 rings (SSSR count). The Morgan fingerprint density at radius 3 is 2.82 bits per heavy atom. The van der Waals surface area contributed by atoms with Crippen molar-refractivity contribution >= 4 is 5.97 Å². The molecule has 0 bridgehead atoms. The van der Waals surface area contributed by atoms with Gasteiger partial charge in [-0.05, 0) is 23.8 Å². The highest BCUT2D eigenvalue weighted by atomic mass is 16.5. The number of carbonyl (C=O) groups is 1. The lowest BCUT2D eigenvalue weighted by molar-refractivity contribution is 0.0600. The van der Waals surface area contributed by atoms with Crippen molar-refractivity contribution in [2.24, 2.45) is 0 Å². The first-order valence-corrected chi connectivity index (χ1v) is 6.27. The van der Waals surface area contributed by atoms with Gasteiger partial charge in [0.05, 0.1) is 12.7 Å². The van der Waals surface area contributed by atoms with Gasteiger partial charge in [0, 0.05) is 18.1 Å². The lowest BCUT2D eigenvalue weighted by Crippen LogP contribution is -2.01. The maximum Gasteiger partial charge on any atom is 0.339 e. The number of hydrogen-bond donors (Lipinski definition) is 0. The van der Waals surface area contributed by atoms with Crippen LogP contribution in [-0.2, 0) is 4.74 Å². The summed E-state index contributed by atoms with van der Waals surface area (Å²) in [7, 11) is 1.31. The molecule has 0 unspecified atom stereocenters. The number of nitrogens with zero attached hydrogens (tertiary/aromatic N) is 5. The third kappa shape index (κ3) is 2.90. The van der Waals surface area contributed by atoms with Crippen LogP contribution in [0.2, 0.25) is 0 Å². The molecule has 0 aliphatic carbocycles. The topological polar surface area (TPSA) is 101 Å². The highest BCUT2D eigenvalue weighted by molar-refractivity contribution is 5.88. The summed E-state index contributed by atoms with van der Waals surface area (Å²) >= 11 is 0. The van der Waals surface area contributed by atoms with Crippen LogP contribution in [0.4, 0.5) is 0 Å². The van der Waals surface area contributed by atoms with Gasteiger partial charge in [0.1, 0.15) is 5.75 Å². The standard InChI is InChI=1S/C14H10N5O3/c1-21-14(20)10-5-6-12(15-8-10)22-11-4-2-3-9(7-11)13-16-18-19-17-13/h2-8H,1H3/q-1. The van der Waals surface area contributed by atoms with Crippen LogP contribution in [0.3, 0.4) is 0 Å². The van der Waals surface area contributed by atoms with Crippen LogP contribution in [0.25, 0.3) is 11.4 Å². The minimum Gasteiger partial charge on any atom is -0.465 e. The predicted octanol–water partition coefficient (Wildman–Crippen LogP) is 1.47. The molecule has 0 fully saturated rings. The first kappa shape index (κ1) is 13.7. The maximum atomic E-state index is 11.3. The van der Waals surface area contributed by atoms with Crippen molar-refractivity contribution < 1.29 is 14.3 Å². The summed E-state index contributed by atoms with van der Waals surface area (Å²) in [6.07, 6.45) is 1.39. The zero-order chi connectivity index (χ0) is 15.4. The summed E-state index contributed by atoms with van der Waals surface area (Å²) in [6, 6.07) is 10.3.